The van der Waals surface area contributed by atoms with Gasteiger partial charge in [-0.2, -0.15) is 0 Å². The van der Waals surface area contributed by atoms with Crippen molar-refractivity contribution in [2.24, 2.45) is 5.92 Å². The van der Waals surface area contributed by atoms with Gasteiger partial charge in [-0.1, -0.05) is 44.2 Å². The molecule has 0 saturated carbocycles. The van der Waals surface area contributed by atoms with Gasteiger partial charge >= 0.3 is 0 Å². The second-order valence-corrected chi connectivity index (χ2v) is 9.27. The first-order valence-corrected chi connectivity index (χ1v) is 11.4. The monoisotopic (exact) mass is 419 g/mol. The number of hydrogen-bond donors (Lipinski definition) is 0. The molecule has 2 amide bonds. The lowest BCUT2D eigenvalue weighted by atomic mass is 10.0. The number of rotatable bonds is 5. The highest BCUT2D eigenvalue weighted by atomic mass is 16.2. The predicted octanol–water partition coefficient (Wildman–Crippen LogP) is 4.02. The molecule has 0 radical (unpaired) electrons. The Kier molecular flexibility index (Phi) is 6.03. The summed E-state index contributed by atoms with van der Waals surface area (Å²) in [6.45, 7) is 12.1. The fraction of sp³-hybridized carbons (Fsp3) is 0.462. The van der Waals surface area contributed by atoms with Crippen LogP contribution in [0.25, 0.3) is 0 Å². The number of fused-ring (bicyclic) bond motifs is 1. The standard InChI is InChI=1S/C26H33N3O2/c1-18(2)16-24(29-17-21-9-5-6-10-22(21)25(29)30)26(31)28-14-12-27(13-15-28)23-11-7-8-19(3)20(23)4/h5-11,18,24H,12-17H2,1-4H3/t24-/m0/s1. The van der Waals surface area contributed by atoms with Gasteiger partial charge in [0.15, 0.2) is 0 Å². The molecule has 2 aliphatic rings. The summed E-state index contributed by atoms with van der Waals surface area (Å²) in [5.74, 6) is 0.417. The van der Waals surface area contributed by atoms with Crippen LogP contribution in [0.2, 0.25) is 0 Å². The minimum absolute atomic E-state index is 0.0105. The van der Waals surface area contributed by atoms with Crippen molar-refractivity contribution in [3.05, 3.63) is 64.7 Å². The minimum Gasteiger partial charge on any atom is -0.368 e. The van der Waals surface area contributed by atoms with Crippen LogP contribution in [0, 0.1) is 19.8 Å². The fourth-order valence-corrected chi connectivity index (χ4v) is 4.79. The minimum atomic E-state index is -0.396. The highest BCUT2D eigenvalue weighted by Crippen LogP contribution is 2.29. The van der Waals surface area contributed by atoms with Crippen molar-refractivity contribution >= 4 is 17.5 Å². The Hall–Kier alpha value is -2.82. The van der Waals surface area contributed by atoms with Gasteiger partial charge in [0.2, 0.25) is 5.91 Å². The van der Waals surface area contributed by atoms with E-state index < -0.39 is 6.04 Å². The summed E-state index contributed by atoms with van der Waals surface area (Å²) in [5.41, 5.74) is 5.62. The van der Waals surface area contributed by atoms with E-state index in [4.69, 9.17) is 0 Å². The molecule has 1 atom stereocenters. The van der Waals surface area contributed by atoms with Gasteiger partial charge in [-0.05, 0) is 55.0 Å². The molecule has 164 valence electrons. The Morgan fingerprint density at radius 2 is 1.68 bits per heavy atom. The third-order valence-electron chi connectivity index (χ3n) is 6.71. The molecule has 5 nitrogen and oxygen atoms in total. The molecule has 2 aromatic rings. The van der Waals surface area contributed by atoms with Crippen molar-refractivity contribution in [3.8, 4) is 0 Å². The maximum Gasteiger partial charge on any atom is 0.255 e. The molecule has 0 N–H and O–H groups in total. The van der Waals surface area contributed by atoms with Gasteiger partial charge in [0.05, 0.1) is 0 Å². The largest absolute Gasteiger partial charge is 0.368 e. The van der Waals surface area contributed by atoms with Crippen molar-refractivity contribution in [2.75, 3.05) is 31.1 Å². The number of piperazine rings is 1. The summed E-state index contributed by atoms with van der Waals surface area (Å²) in [5, 5.41) is 0. The summed E-state index contributed by atoms with van der Waals surface area (Å²) >= 11 is 0. The van der Waals surface area contributed by atoms with Crippen LogP contribution in [0.1, 0.15) is 47.3 Å². The molecule has 0 unspecified atom stereocenters. The lowest BCUT2D eigenvalue weighted by Crippen LogP contribution is -2.55. The number of benzene rings is 2. The Bertz CT molecular complexity index is 976. The first-order valence-electron chi connectivity index (χ1n) is 11.4. The molecule has 1 saturated heterocycles. The van der Waals surface area contributed by atoms with Crippen molar-refractivity contribution in [1.29, 1.82) is 0 Å². The number of anilines is 1. The number of carbonyl (C=O) groups excluding carboxylic acids is 2. The summed E-state index contributed by atoms with van der Waals surface area (Å²) in [4.78, 5) is 32.8. The Labute approximate surface area is 185 Å². The van der Waals surface area contributed by atoms with E-state index in [-0.39, 0.29) is 11.8 Å². The molecule has 0 bridgehead atoms. The maximum absolute atomic E-state index is 13.6. The van der Waals surface area contributed by atoms with Gasteiger partial charge in [0.25, 0.3) is 5.91 Å². The zero-order chi connectivity index (χ0) is 22.1. The van der Waals surface area contributed by atoms with Crippen LogP contribution < -0.4 is 4.90 Å². The first kappa shape index (κ1) is 21.4. The van der Waals surface area contributed by atoms with Gasteiger partial charge in [-0.3, -0.25) is 9.59 Å². The first-order chi connectivity index (χ1) is 14.9. The number of hydrogen-bond acceptors (Lipinski definition) is 3. The summed E-state index contributed by atoms with van der Waals surface area (Å²) in [6.07, 6.45) is 0.690. The van der Waals surface area contributed by atoms with Gasteiger partial charge in [0.1, 0.15) is 6.04 Å². The highest BCUT2D eigenvalue weighted by molar-refractivity contribution is 6.01. The van der Waals surface area contributed by atoms with Crippen LogP contribution in [0.4, 0.5) is 5.69 Å². The SMILES string of the molecule is Cc1cccc(N2CCN(C(=O)[C@H](CC(C)C)N3Cc4ccccc4C3=O)CC2)c1C. The van der Waals surface area contributed by atoms with Gasteiger partial charge in [-0.15, -0.1) is 0 Å². The van der Waals surface area contributed by atoms with Crippen LogP contribution in [0.15, 0.2) is 42.5 Å². The number of carbonyl (C=O) groups is 2. The van der Waals surface area contributed by atoms with Gasteiger partial charge in [-0.25, -0.2) is 0 Å². The fourth-order valence-electron chi connectivity index (χ4n) is 4.79. The summed E-state index contributed by atoms with van der Waals surface area (Å²) in [7, 11) is 0. The average Bonchev–Trinajstić information content (AvgIpc) is 3.10. The van der Waals surface area contributed by atoms with Crippen LogP contribution in [-0.4, -0.2) is 53.8 Å². The predicted molar refractivity (Wildman–Crippen MR) is 124 cm³/mol. The molecule has 1 fully saturated rings. The van der Waals surface area contributed by atoms with E-state index in [1.165, 1.54) is 16.8 Å². The number of amides is 2. The second kappa shape index (κ2) is 8.74. The van der Waals surface area contributed by atoms with E-state index in [9.17, 15) is 9.59 Å². The lowest BCUT2D eigenvalue weighted by Gasteiger charge is -2.40. The third-order valence-corrected chi connectivity index (χ3v) is 6.71. The molecule has 2 aliphatic heterocycles. The van der Waals surface area contributed by atoms with Crippen molar-refractivity contribution in [3.63, 3.8) is 0 Å². The van der Waals surface area contributed by atoms with Crippen molar-refractivity contribution in [2.45, 2.75) is 46.7 Å². The molecular weight excluding hydrogens is 386 g/mol. The summed E-state index contributed by atoms with van der Waals surface area (Å²) < 4.78 is 0. The molecule has 5 heteroatoms. The molecule has 0 aromatic heterocycles. The lowest BCUT2D eigenvalue weighted by molar-refractivity contribution is -0.137. The third kappa shape index (κ3) is 4.18. The van der Waals surface area contributed by atoms with Crippen molar-refractivity contribution < 1.29 is 9.59 Å². The Morgan fingerprint density at radius 1 is 0.968 bits per heavy atom. The number of aryl methyl sites for hydroxylation is 1. The van der Waals surface area contributed by atoms with Crippen LogP contribution >= 0.6 is 0 Å². The smallest absolute Gasteiger partial charge is 0.255 e. The molecular formula is C26H33N3O2. The van der Waals surface area contributed by atoms with Gasteiger partial charge in [0, 0.05) is 44.0 Å². The molecule has 2 heterocycles. The van der Waals surface area contributed by atoms with Crippen LogP contribution in [0.3, 0.4) is 0 Å². The maximum atomic E-state index is 13.6. The van der Waals surface area contributed by atoms with E-state index in [0.29, 0.717) is 32.0 Å². The molecule has 31 heavy (non-hydrogen) atoms. The second-order valence-electron chi connectivity index (χ2n) is 9.27. The quantitative estimate of drug-likeness (QED) is 0.735. The Morgan fingerprint density at radius 3 is 2.35 bits per heavy atom. The Balaban J connectivity index is 1.48. The topological polar surface area (TPSA) is 43.9 Å². The van der Waals surface area contributed by atoms with E-state index >= 15 is 0 Å². The molecule has 0 aliphatic carbocycles. The molecule has 2 aromatic carbocycles. The van der Waals surface area contributed by atoms with E-state index in [1.54, 1.807) is 4.90 Å². The number of nitrogens with zero attached hydrogens (tertiary/aromatic N) is 3. The normalized spacial score (nSPS) is 17.3. The highest BCUT2D eigenvalue weighted by Gasteiger charge is 2.39. The van der Waals surface area contributed by atoms with E-state index in [0.717, 1.165) is 24.2 Å². The zero-order valence-corrected chi connectivity index (χ0v) is 19.1. The van der Waals surface area contributed by atoms with E-state index in [2.05, 4.69) is 50.8 Å². The van der Waals surface area contributed by atoms with Crippen LogP contribution in [0.5, 0.6) is 0 Å². The zero-order valence-electron chi connectivity index (χ0n) is 19.1. The van der Waals surface area contributed by atoms with Crippen LogP contribution in [-0.2, 0) is 11.3 Å². The molecule has 4 rings (SSSR count). The van der Waals surface area contributed by atoms with Crippen molar-refractivity contribution in [1.82, 2.24) is 9.80 Å². The average molecular weight is 420 g/mol. The summed E-state index contributed by atoms with van der Waals surface area (Å²) in [6, 6.07) is 13.7. The van der Waals surface area contributed by atoms with E-state index in [1.807, 2.05) is 29.2 Å². The molecule has 0 spiro atoms. The van der Waals surface area contributed by atoms with Gasteiger partial charge < -0.3 is 14.7 Å².